The maximum atomic E-state index is 13.3. The van der Waals surface area contributed by atoms with Crippen molar-refractivity contribution in [3.05, 3.63) is 47.6 Å². The zero-order chi connectivity index (χ0) is 20.2. The largest absolute Gasteiger partial charge is 0.379 e. The summed E-state index contributed by atoms with van der Waals surface area (Å²) in [5.74, 6) is 0.316. The zero-order valence-electron chi connectivity index (χ0n) is 17.0. The topological polar surface area (TPSA) is 80.9 Å². The molecule has 0 N–H and O–H groups in total. The summed E-state index contributed by atoms with van der Waals surface area (Å²) in [6.45, 7) is 8.96. The first-order valence-electron chi connectivity index (χ1n) is 10.2. The molecule has 0 unspecified atom stereocenters. The molecule has 8 nitrogen and oxygen atoms in total. The highest BCUT2D eigenvalue weighted by Gasteiger charge is 2.39. The lowest BCUT2D eigenvalue weighted by Crippen LogP contribution is -2.53. The zero-order valence-corrected chi connectivity index (χ0v) is 17.0. The average molecular weight is 400 g/mol. The van der Waals surface area contributed by atoms with Crippen molar-refractivity contribution in [2.45, 2.75) is 31.9 Å². The van der Waals surface area contributed by atoms with E-state index in [-0.39, 0.29) is 29.7 Å². The van der Waals surface area contributed by atoms with Crippen LogP contribution in [-0.4, -0.2) is 78.0 Å². The maximum Gasteiger partial charge on any atom is 0.293 e. The lowest BCUT2D eigenvalue weighted by Gasteiger charge is -2.43. The van der Waals surface area contributed by atoms with Gasteiger partial charge in [-0.2, -0.15) is 0 Å². The summed E-state index contributed by atoms with van der Waals surface area (Å²) in [6.07, 6.45) is 3.40. The molecule has 0 bridgehead atoms. The SMILES string of the molecule is CC(C)c1cc(C(=O)N2CCO[C@@H](CN3CCOCC3)[C@@H]2c2cccnc2)on1. The summed E-state index contributed by atoms with van der Waals surface area (Å²) in [7, 11) is 0. The number of aromatic nitrogens is 2. The molecular weight excluding hydrogens is 372 g/mol. The van der Waals surface area contributed by atoms with Gasteiger partial charge in [0.2, 0.25) is 5.76 Å². The van der Waals surface area contributed by atoms with E-state index in [2.05, 4.69) is 15.0 Å². The van der Waals surface area contributed by atoms with Gasteiger partial charge in [-0.25, -0.2) is 0 Å². The molecule has 4 rings (SSSR count). The Morgan fingerprint density at radius 1 is 1.24 bits per heavy atom. The van der Waals surface area contributed by atoms with E-state index in [9.17, 15) is 4.79 Å². The third-order valence-electron chi connectivity index (χ3n) is 5.51. The van der Waals surface area contributed by atoms with Crippen molar-refractivity contribution in [2.24, 2.45) is 0 Å². The number of hydrogen-bond donors (Lipinski definition) is 0. The second kappa shape index (κ2) is 9.02. The molecule has 0 aliphatic carbocycles. The van der Waals surface area contributed by atoms with Crippen LogP contribution in [0.3, 0.4) is 0 Å². The third kappa shape index (κ3) is 4.49. The van der Waals surface area contributed by atoms with Crippen LogP contribution in [0.4, 0.5) is 0 Å². The van der Waals surface area contributed by atoms with Gasteiger partial charge >= 0.3 is 0 Å². The van der Waals surface area contributed by atoms with Crippen LogP contribution in [0.2, 0.25) is 0 Å². The molecular formula is C21H28N4O4. The number of hydrogen-bond acceptors (Lipinski definition) is 7. The van der Waals surface area contributed by atoms with E-state index >= 15 is 0 Å². The lowest BCUT2D eigenvalue weighted by atomic mass is 9.98. The number of morpholine rings is 2. The molecule has 2 aromatic rings. The lowest BCUT2D eigenvalue weighted by molar-refractivity contribution is -0.0826. The van der Waals surface area contributed by atoms with Crippen molar-refractivity contribution in [1.82, 2.24) is 19.9 Å². The van der Waals surface area contributed by atoms with Crippen LogP contribution < -0.4 is 0 Å². The molecule has 2 aliphatic heterocycles. The Bertz CT molecular complexity index is 804. The predicted molar refractivity (Wildman–Crippen MR) is 106 cm³/mol. The smallest absolute Gasteiger partial charge is 0.293 e. The maximum absolute atomic E-state index is 13.3. The van der Waals surface area contributed by atoms with Crippen LogP contribution in [0.15, 0.2) is 35.1 Å². The summed E-state index contributed by atoms with van der Waals surface area (Å²) in [5, 5.41) is 4.05. The number of carbonyl (C=O) groups excluding carboxylic acids is 1. The van der Waals surface area contributed by atoms with E-state index in [0.29, 0.717) is 13.2 Å². The Morgan fingerprint density at radius 3 is 2.76 bits per heavy atom. The number of ether oxygens (including phenoxy) is 2. The molecule has 156 valence electrons. The fourth-order valence-corrected chi connectivity index (χ4v) is 3.90. The predicted octanol–water partition coefficient (Wildman–Crippen LogP) is 2.11. The van der Waals surface area contributed by atoms with Gasteiger partial charge in [0.1, 0.15) is 0 Å². The second-order valence-corrected chi connectivity index (χ2v) is 7.82. The Balaban J connectivity index is 1.60. The van der Waals surface area contributed by atoms with Crippen molar-refractivity contribution in [2.75, 3.05) is 46.0 Å². The summed E-state index contributed by atoms with van der Waals surface area (Å²) >= 11 is 0. The van der Waals surface area contributed by atoms with Crippen molar-refractivity contribution >= 4 is 5.91 Å². The third-order valence-corrected chi connectivity index (χ3v) is 5.51. The van der Waals surface area contributed by atoms with Gasteiger partial charge in [0.25, 0.3) is 5.91 Å². The summed E-state index contributed by atoms with van der Waals surface area (Å²) in [6, 6.07) is 5.41. The Labute approximate surface area is 170 Å². The molecule has 2 aliphatic rings. The summed E-state index contributed by atoms with van der Waals surface area (Å²) < 4.78 is 17.0. The molecule has 29 heavy (non-hydrogen) atoms. The Hall–Kier alpha value is -2.29. The minimum Gasteiger partial charge on any atom is -0.379 e. The second-order valence-electron chi connectivity index (χ2n) is 7.82. The molecule has 0 saturated carbocycles. The minimum absolute atomic E-state index is 0.150. The molecule has 0 aromatic carbocycles. The van der Waals surface area contributed by atoms with Crippen molar-refractivity contribution < 1.29 is 18.8 Å². The molecule has 4 heterocycles. The molecule has 2 saturated heterocycles. The number of rotatable bonds is 5. The van der Waals surface area contributed by atoms with Crippen molar-refractivity contribution in [3.63, 3.8) is 0 Å². The van der Waals surface area contributed by atoms with Crippen LogP contribution >= 0.6 is 0 Å². The van der Waals surface area contributed by atoms with Crippen LogP contribution in [0.25, 0.3) is 0 Å². The highest BCUT2D eigenvalue weighted by Crippen LogP contribution is 2.31. The van der Waals surface area contributed by atoms with Crippen molar-refractivity contribution in [3.8, 4) is 0 Å². The van der Waals surface area contributed by atoms with E-state index in [1.807, 2.05) is 37.1 Å². The molecule has 0 radical (unpaired) electrons. The summed E-state index contributed by atoms with van der Waals surface area (Å²) in [4.78, 5) is 21.8. The number of nitrogens with zero attached hydrogens (tertiary/aromatic N) is 4. The molecule has 8 heteroatoms. The first kappa shape index (κ1) is 20.0. The molecule has 2 fully saturated rings. The van der Waals surface area contributed by atoms with Crippen LogP contribution in [0.1, 0.15) is 47.6 Å². The monoisotopic (exact) mass is 400 g/mol. The minimum atomic E-state index is -0.236. The Morgan fingerprint density at radius 2 is 2.07 bits per heavy atom. The summed E-state index contributed by atoms with van der Waals surface area (Å²) in [5.41, 5.74) is 1.74. The fraction of sp³-hybridized carbons (Fsp3) is 0.571. The molecule has 1 amide bonds. The molecule has 0 spiro atoms. The van der Waals surface area contributed by atoms with E-state index in [4.69, 9.17) is 14.0 Å². The van der Waals surface area contributed by atoms with Gasteiger partial charge in [0.05, 0.1) is 37.7 Å². The molecule has 2 atom stereocenters. The van der Waals surface area contributed by atoms with E-state index < -0.39 is 0 Å². The average Bonchev–Trinajstić information content (AvgIpc) is 3.25. The first-order chi connectivity index (χ1) is 14.1. The fourth-order valence-electron chi connectivity index (χ4n) is 3.90. The van der Waals surface area contributed by atoms with Crippen LogP contribution in [0, 0.1) is 0 Å². The van der Waals surface area contributed by atoms with E-state index in [1.54, 1.807) is 12.3 Å². The van der Waals surface area contributed by atoms with Gasteiger partial charge in [-0.1, -0.05) is 25.1 Å². The van der Waals surface area contributed by atoms with Crippen molar-refractivity contribution in [1.29, 1.82) is 0 Å². The quantitative estimate of drug-likeness (QED) is 0.760. The Kier molecular flexibility index (Phi) is 6.22. The van der Waals surface area contributed by atoms with Crippen LogP contribution in [0.5, 0.6) is 0 Å². The standard InChI is InChI=1S/C21H28N4O4/c1-15(2)17-12-18(29-23-17)21(26)25-8-11-28-19(14-24-6-9-27-10-7-24)20(25)16-4-3-5-22-13-16/h3-5,12-13,15,19-20H,6-11,14H2,1-2H3/t19-,20-/m0/s1. The highest BCUT2D eigenvalue weighted by atomic mass is 16.5. The first-order valence-corrected chi connectivity index (χ1v) is 10.2. The highest BCUT2D eigenvalue weighted by molar-refractivity contribution is 5.92. The molecule has 2 aromatic heterocycles. The van der Waals surface area contributed by atoms with E-state index in [0.717, 1.165) is 44.1 Å². The number of amides is 1. The number of carbonyl (C=O) groups is 1. The van der Waals surface area contributed by atoms with Crippen LogP contribution in [-0.2, 0) is 9.47 Å². The van der Waals surface area contributed by atoms with Gasteiger partial charge < -0.3 is 18.9 Å². The van der Waals surface area contributed by atoms with Gasteiger partial charge in [-0.05, 0) is 17.5 Å². The normalized spacial score (nSPS) is 23.5. The van der Waals surface area contributed by atoms with Gasteiger partial charge in [0, 0.05) is 44.6 Å². The van der Waals surface area contributed by atoms with Gasteiger partial charge in [0.15, 0.2) is 0 Å². The number of pyridine rings is 1. The van der Waals surface area contributed by atoms with Gasteiger partial charge in [-0.15, -0.1) is 0 Å². The van der Waals surface area contributed by atoms with E-state index in [1.165, 1.54) is 0 Å². The van der Waals surface area contributed by atoms with Gasteiger partial charge in [-0.3, -0.25) is 14.7 Å².